The van der Waals surface area contributed by atoms with Gasteiger partial charge in [0.2, 0.25) is 5.91 Å². The van der Waals surface area contributed by atoms with Crippen molar-refractivity contribution in [1.82, 2.24) is 4.90 Å². The molecule has 0 rings (SSSR count). The number of imide groups is 1. The maximum atomic E-state index is 10.7. The summed E-state index contributed by atoms with van der Waals surface area (Å²) >= 11 is 0. The van der Waals surface area contributed by atoms with Crippen molar-refractivity contribution in [3.8, 4) is 0 Å². The first-order valence-electron chi connectivity index (χ1n) is 2.96. The highest BCUT2D eigenvalue weighted by molar-refractivity contribution is 5.91. The van der Waals surface area contributed by atoms with E-state index in [1.54, 1.807) is 6.92 Å². The molecular formula is C6H10NO3. The van der Waals surface area contributed by atoms with Crippen molar-refractivity contribution < 1.29 is 14.7 Å². The molecule has 0 unspecified atom stereocenters. The summed E-state index contributed by atoms with van der Waals surface area (Å²) in [7, 11) is 0. The van der Waals surface area contributed by atoms with Crippen LogP contribution in [0.3, 0.4) is 0 Å². The number of hydrogen-bond acceptors (Lipinski definition) is 2. The molecule has 0 spiro atoms. The summed E-state index contributed by atoms with van der Waals surface area (Å²) in [5.41, 5.74) is 0. The van der Waals surface area contributed by atoms with Gasteiger partial charge in [0.1, 0.15) is 0 Å². The van der Waals surface area contributed by atoms with Crippen LogP contribution in [0.4, 0.5) is 4.79 Å². The van der Waals surface area contributed by atoms with Gasteiger partial charge in [0.25, 0.3) is 0 Å². The first-order valence-corrected chi connectivity index (χ1v) is 2.96. The van der Waals surface area contributed by atoms with Crippen LogP contribution in [0, 0.1) is 6.92 Å². The van der Waals surface area contributed by atoms with E-state index in [4.69, 9.17) is 5.11 Å². The van der Waals surface area contributed by atoms with Crippen molar-refractivity contribution in [3.05, 3.63) is 6.92 Å². The van der Waals surface area contributed by atoms with Crippen molar-refractivity contribution in [2.24, 2.45) is 0 Å². The molecule has 0 saturated heterocycles. The molecule has 0 aromatic rings. The molecule has 0 atom stereocenters. The van der Waals surface area contributed by atoms with E-state index in [0.29, 0.717) is 0 Å². The maximum absolute atomic E-state index is 10.7. The van der Waals surface area contributed by atoms with Crippen LogP contribution in [-0.2, 0) is 4.79 Å². The summed E-state index contributed by atoms with van der Waals surface area (Å²) in [5.74, 6) is -0.463. The van der Waals surface area contributed by atoms with Gasteiger partial charge in [0, 0.05) is 13.0 Å². The zero-order chi connectivity index (χ0) is 8.15. The van der Waals surface area contributed by atoms with Crippen LogP contribution < -0.4 is 0 Å². The predicted octanol–water partition coefficient (Wildman–Crippen LogP) is 0.737. The standard InChI is InChI=1S/C6H10NO3/c1-3-5(8)7(4-2)6(9)10/h1,3-4H2,2H3,(H,9,10). The zero-order valence-corrected chi connectivity index (χ0v) is 5.83. The normalized spacial score (nSPS) is 9.00. The van der Waals surface area contributed by atoms with Crippen molar-refractivity contribution in [2.75, 3.05) is 6.54 Å². The SMILES string of the molecule is [CH2]CC(=O)N(CC)C(=O)O. The number of hydrogen-bond donors (Lipinski definition) is 1. The van der Waals surface area contributed by atoms with Gasteiger partial charge in [-0.15, -0.1) is 0 Å². The van der Waals surface area contributed by atoms with E-state index in [2.05, 4.69) is 6.92 Å². The third-order valence-corrected chi connectivity index (χ3v) is 1.06. The molecule has 10 heavy (non-hydrogen) atoms. The Labute approximate surface area is 59.4 Å². The summed E-state index contributed by atoms with van der Waals surface area (Å²) in [5, 5.41) is 8.35. The lowest BCUT2D eigenvalue weighted by Gasteiger charge is -2.12. The van der Waals surface area contributed by atoms with Gasteiger partial charge in [-0.1, -0.05) is 0 Å². The smallest absolute Gasteiger partial charge is 0.414 e. The van der Waals surface area contributed by atoms with E-state index in [1.165, 1.54) is 0 Å². The Balaban J connectivity index is 4.06. The van der Waals surface area contributed by atoms with E-state index < -0.39 is 12.0 Å². The van der Waals surface area contributed by atoms with Crippen molar-refractivity contribution in [3.63, 3.8) is 0 Å². The molecule has 0 saturated carbocycles. The molecule has 0 bridgehead atoms. The van der Waals surface area contributed by atoms with Gasteiger partial charge in [0.05, 0.1) is 0 Å². The topological polar surface area (TPSA) is 57.6 Å². The minimum absolute atomic E-state index is 0.0138. The summed E-state index contributed by atoms with van der Waals surface area (Å²) in [6.45, 7) is 5.07. The monoisotopic (exact) mass is 144 g/mol. The molecule has 4 nitrogen and oxygen atoms in total. The number of carbonyl (C=O) groups is 2. The third kappa shape index (κ3) is 2.05. The molecule has 57 valence electrons. The molecule has 1 radical (unpaired) electrons. The molecule has 2 amide bonds. The molecule has 0 aromatic heterocycles. The van der Waals surface area contributed by atoms with Gasteiger partial charge in [-0.3, -0.25) is 4.79 Å². The van der Waals surface area contributed by atoms with Gasteiger partial charge in [-0.05, 0) is 13.8 Å². The summed E-state index contributed by atoms with van der Waals surface area (Å²) in [6.07, 6.45) is -1.23. The van der Waals surface area contributed by atoms with Gasteiger partial charge < -0.3 is 5.11 Å². The van der Waals surface area contributed by atoms with E-state index in [9.17, 15) is 9.59 Å². The van der Waals surface area contributed by atoms with Crippen molar-refractivity contribution >= 4 is 12.0 Å². The predicted molar refractivity (Wildman–Crippen MR) is 35.4 cm³/mol. The fraction of sp³-hybridized carbons (Fsp3) is 0.500. The fourth-order valence-corrected chi connectivity index (χ4v) is 0.553. The Bertz CT molecular complexity index is 144. The van der Waals surface area contributed by atoms with Gasteiger partial charge >= 0.3 is 6.09 Å². The summed E-state index contributed by atoms with van der Waals surface area (Å²) < 4.78 is 0. The lowest BCUT2D eigenvalue weighted by atomic mass is 10.4. The fourth-order valence-electron chi connectivity index (χ4n) is 0.553. The Morgan fingerprint density at radius 2 is 2.10 bits per heavy atom. The number of carboxylic acid groups (broad SMARTS) is 1. The average Bonchev–Trinajstić information content (AvgIpc) is 1.88. The molecule has 0 aromatic carbocycles. The molecule has 0 fully saturated rings. The Hall–Kier alpha value is -1.06. The zero-order valence-electron chi connectivity index (χ0n) is 5.83. The molecule has 0 heterocycles. The van der Waals surface area contributed by atoms with Crippen LogP contribution >= 0.6 is 0 Å². The number of rotatable bonds is 2. The molecular weight excluding hydrogens is 134 g/mol. The van der Waals surface area contributed by atoms with Gasteiger partial charge in [0.15, 0.2) is 0 Å². The van der Waals surface area contributed by atoms with E-state index in [-0.39, 0.29) is 13.0 Å². The Kier molecular flexibility index (Phi) is 3.46. The first-order chi connectivity index (χ1) is 4.63. The van der Waals surface area contributed by atoms with Crippen molar-refractivity contribution in [1.29, 1.82) is 0 Å². The van der Waals surface area contributed by atoms with E-state index in [1.807, 2.05) is 0 Å². The lowest BCUT2D eigenvalue weighted by molar-refractivity contribution is -0.128. The van der Waals surface area contributed by atoms with Gasteiger partial charge in [-0.2, -0.15) is 0 Å². The largest absolute Gasteiger partial charge is 0.465 e. The van der Waals surface area contributed by atoms with Crippen LogP contribution in [0.5, 0.6) is 0 Å². The Morgan fingerprint density at radius 1 is 1.60 bits per heavy atom. The van der Waals surface area contributed by atoms with Gasteiger partial charge in [-0.25, -0.2) is 9.69 Å². The van der Waals surface area contributed by atoms with Crippen molar-refractivity contribution in [2.45, 2.75) is 13.3 Å². The van der Waals surface area contributed by atoms with Crippen LogP contribution in [0.2, 0.25) is 0 Å². The molecule has 1 N–H and O–H groups in total. The molecule has 0 aliphatic carbocycles. The van der Waals surface area contributed by atoms with E-state index >= 15 is 0 Å². The second kappa shape index (κ2) is 3.87. The van der Waals surface area contributed by atoms with Crippen LogP contribution in [0.25, 0.3) is 0 Å². The minimum Gasteiger partial charge on any atom is -0.465 e. The number of nitrogens with zero attached hydrogens (tertiary/aromatic N) is 1. The highest BCUT2D eigenvalue weighted by Gasteiger charge is 2.15. The van der Waals surface area contributed by atoms with Crippen LogP contribution in [0.1, 0.15) is 13.3 Å². The molecule has 0 aliphatic rings. The molecule has 4 heteroatoms. The van der Waals surface area contributed by atoms with Crippen LogP contribution in [0.15, 0.2) is 0 Å². The number of carbonyl (C=O) groups excluding carboxylic acids is 1. The third-order valence-electron chi connectivity index (χ3n) is 1.06. The second-order valence-electron chi connectivity index (χ2n) is 1.67. The quantitative estimate of drug-likeness (QED) is 0.621. The minimum atomic E-state index is -1.21. The van der Waals surface area contributed by atoms with Crippen LogP contribution in [-0.4, -0.2) is 28.6 Å². The Morgan fingerprint density at radius 3 is 2.20 bits per heavy atom. The highest BCUT2D eigenvalue weighted by atomic mass is 16.4. The molecule has 0 aliphatic heterocycles. The lowest BCUT2D eigenvalue weighted by Crippen LogP contribution is -2.34. The highest BCUT2D eigenvalue weighted by Crippen LogP contribution is 1.92. The summed E-state index contributed by atoms with van der Waals surface area (Å²) in [6, 6.07) is 0. The first kappa shape index (κ1) is 8.94. The second-order valence-corrected chi connectivity index (χ2v) is 1.67. The maximum Gasteiger partial charge on any atom is 0.414 e. The summed E-state index contributed by atoms with van der Waals surface area (Å²) in [4.78, 5) is 21.6. The number of amides is 2. The average molecular weight is 144 g/mol. The van der Waals surface area contributed by atoms with E-state index in [0.717, 1.165) is 4.90 Å².